The number of aliphatic hydroxyl groups is 5. The molecule has 140 valence electrons. The largest absolute Gasteiger partial charge is 0.394 e. The summed E-state index contributed by atoms with van der Waals surface area (Å²) in [5.74, 6) is -2.34. The monoisotopic (exact) mass is 346 g/mol. The van der Waals surface area contributed by atoms with Crippen molar-refractivity contribution in [3.8, 4) is 0 Å². The number of carbonyl (C=O) groups is 2. The molecule has 0 aromatic heterocycles. The molecule has 5 unspecified atom stereocenters. The van der Waals surface area contributed by atoms with Crippen molar-refractivity contribution >= 4 is 11.6 Å². The van der Waals surface area contributed by atoms with Gasteiger partial charge in [0.2, 0.25) is 11.6 Å². The average molecular weight is 346 g/mol. The highest BCUT2D eigenvalue weighted by Gasteiger charge is 2.43. The molecule has 1 aliphatic carbocycles. The van der Waals surface area contributed by atoms with Crippen molar-refractivity contribution in [3.05, 3.63) is 0 Å². The van der Waals surface area contributed by atoms with Crippen LogP contribution in [-0.4, -0.2) is 68.1 Å². The molecule has 0 aliphatic heterocycles. The number of hydrogen-bond acceptors (Lipinski definition) is 7. The molecular weight excluding hydrogens is 316 g/mol. The van der Waals surface area contributed by atoms with E-state index in [4.69, 9.17) is 5.11 Å². The SMILES string of the molecule is CC1CCC(C(C)C)C(C(O)C(O)C(=O)C(=O)[C@H](O)[C@H](O)CO)C1. The van der Waals surface area contributed by atoms with E-state index in [2.05, 4.69) is 0 Å². The first kappa shape index (κ1) is 21.2. The van der Waals surface area contributed by atoms with Gasteiger partial charge in [0.25, 0.3) is 0 Å². The molecule has 7 atom stereocenters. The van der Waals surface area contributed by atoms with Gasteiger partial charge >= 0.3 is 0 Å². The van der Waals surface area contributed by atoms with Gasteiger partial charge in [-0.05, 0) is 36.5 Å². The van der Waals surface area contributed by atoms with Crippen molar-refractivity contribution in [2.24, 2.45) is 23.7 Å². The Morgan fingerprint density at radius 3 is 2.00 bits per heavy atom. The minimum absolute atomic E-state index is 0.127. The number of carbonyl (C=O) groups excluding carboxylic acids is 2. The molecule has 0 bridgehead atoms. The van der Waals surface area contributed by atoms with E-state index in [1.165, 1.54) is 0 Å². The second-order valence-corrected chi connectivity index (χ2v) is 7.35. The summed E-state index contributed by atoms with van der Waals surface area (Å²) in [6, 6.07) is 0. The van der Waals surface area contributed by atoms with Gasteiger partial charge in [-0.1, -0.05) is 27.2 Å². The quantitative estimate of drug-likeness (QED) is 0.366. The van der Waals surface area contributed by atoms with Crippen molar-refractivity contribution < 1.29 is 35.1 Å². The molecule has 0 radical (unpaired) electrons. The lowest BCUT2D eigenvalue weighted by Crippen LogP contribution is -2.50. The van der Waals surface area contributed by atoms with Crippen LogP contribution in [0.15, 0.2) is 0 Å². The lowest BCUT2D eigenvalue weighted by Gasteiger charge is -2.40. The molecule has 0 saturated heterocycles. The highest BCUT2D eigenvalue weighted by atomic mass is 16.4. The molecule has 7 nitrogen and oxygen atoms in total. The zero-order chi connectivity index (χ0) is 18.6. The van der Waals surface area contributed by atoms with Gasteiger partial charge in [-0.2, -0.15) is 0 Å². The predicted octanol–water partition coefficient (Wildman–Crippen LogP) is -0.731. The van der Waals surface area contributed by atoms with Crippen molar-refractivity contribution in [1.82, 2.24) is 0 Å². The molecule has 1 saturated carbocycles. The Morgan fingerprint density at radius 1 is 0.958 bits per heavy atom. The minimum atomic E-state index is -2.12. The van der Waals surface area contributed by atoms with Crippen LogP contribution >= 0.6 is 0 Å². The first-order valence-electron chi connectivity index (χ1n) is 8.52. The molecule has 0 spiro atoms. The summed E-state index contributed by atoms with van der Waals surface area (Å²) in [5, 5.41) is 48.1. The van der Waals surface area contributed by atoms with Gasteiger partial charge < -0.3 is 25.5 Å². The van der Waals surface area contributed by atoms with E-state index >= 15 is 0 Å². The Morgan fingerprint density at radius 2 is 1.50 bits per heavy atom. The maximum atomic E-state index is 12.0. The highest BCUT2D eigenvalue weighted by Crippen LogP contribution is 2.40. The predicted molar refractivity (Wildman–Crippen MR) is 86.0 cm³/mol. The van der Waals surface area contributed by atoms with Crippen LogP contribution in [0, 0.1) is 23.7 Å². The Hall–Kier alpha value is -0.860. The summed E-state index contributed by atoms with van der Waals surface area (Å²) in [5.41, 5.74) is 0. The van der Waals surface area contributed by atoms with Crippen LogP contribution in [0.3, 0.4) is 0 Å². The fourth-order valence-electron chi connectivity index (χ4n) is 3.62. The third kappa shape index (κ3) is 4.83. The highest BCUT2D eigenvalue weighted by molar-refractivity contribution is 6.40. The molecule has 1 rings (SSSR count). The molecular formula is C17H30O7. The molecule has 24 heavy (non-hydrogen) atoms. The summed E-state index contributed by atoms with van der Waals surface area (Å²) >= 11 is 0. The van der Waals surface area contributed by atoms with Gasteiger partial charge in [-0.3, -0.25) is 9.59 Å². The summed E-state index contributed by atoms with van der Waals surface area (Å²) < 4.78 is 0. The zero-order valence-electron chi connectivity index (χ0n) is 14.5. The van der Waals surface area contributed by atoms with Gasteiger partial charge in [0.1, 0.15) is 18.3 Å². The fourth-order valence-corrected chi connectivity index (χ4v) is 3.62. The second-order valence-electron chi connectivity index (χ2n) is 7.35. The van der Waals surface area contributed by atoms with Crippen LogP contribution < -0.4 is 0 Å². The molecule has 1 aliphatic rings. The summed E-state index contributed by atoms with van der Waals surface area (Å²) in [6.07, 6.45) is -4.74. The van der Waals surface area contributed by atoms with Crippen LogP contribution in [0.25, 0.3) is 0 Å². The first-order chi connectivity index (χ1) is 11.1. The van der Waals surface area contributed by atoms with Crippen LogP contribution in [0.5, 0.6) is 0 Å². The molecule has 7 heteroatoms. The molecule has 1 fully saturated rings. The summed E-state index contributed by atoms with van der Waals surface area (Å²) in [4.78, 5) is 23.8. The van der Waals surface area contributed by atoms with Crippen LogP contribution in [0.1, 0.15) is 40.0 Å². The Balaban J connectivity index is 2.85. The lowest BCUT2D eigenvalue weighted by molar-refractivity contribution is -0.156. The standard InChI is InChI=1S/C17H30O7/c1-8(2)10-5-4-9(3)6-11(10)13(20)15(22)17(24)16(23)14(21)12(19)7-18/h8-15,18-22H,4-7H2,1-3H3/t9?,10?,11?,12-,13?,14-,15?/m1/s1. The van der Waals surface area contributed by atoms with E-state index < -0.39 is 42.6 Å². The smallest absolute Gasteiger partial charge is 0.232 e. The molecule has 0 aromatic rings. The third-order valence-corrected chi connectivity index (χ3v) is 5.17. The fraction of sp³-hybridized carbons (Fsp3) is 0.882. The van der Waals surface area contributed by atoms with Gasteiger partial charge in [0.05, 0.1) is 12.7 Å². The topological polar surface area (TPSA) is 135 Å². The normalized spacial score (nSPS) is 29.8. The Kier molecular flexibility index (Phi) is 7.95. The summed E-state index contributed by atoms with van der Waals surface area (Å²) in [7, 11) is 0. The van der Waals surface area contributed by atoms with Gasteiger partial charge in [0.15, 0.2) is 0 Å². The van der Waals surface area contributed by atoms with Crippen molar-refractivity contribution in [2.45, 2.75) is 64.4 Å². The van der Waals surface area contributed by atoms with E-state index in [1.54, 1.807) is 0 Å². The number of Topliss-reactive ketones (excluding diaryl/α,β-unsaturated/α-hetero) is 2. The van der Waals surface area contributed by atoms with E-state index in [0.29, 0.717) is 12.3 Å². The first-order valence-corrected chi connectivity index (χ1v) is 8.52. The molecule has 0 aromatic carbocycles. The van der Waals surface area contributed by atoms with Crippen LogP contribution in [-0.2, 0) is 9.59 Å². The maximum Gasteiger partial charge on any atom is 0.232 e. The van der Waals surface area contributed by atoms with Crippen molar-refractivity contribution in [1.29, 1.82) is 0 Å². The number of hydrogen-bond donors (Lipinski definition) is 5. The average Bonchev–Trinajstić information content (AvgIpc) is 2.57. The Bertz CT molecular complexity index is 437. The zero-order valence-corrected chi connectivity index (χ0v) is 14.5. The number of rotatable bonds is 8. The van der Waals surface area contributed by atoms with Gasteiger partial charge in [-0.25, -0.2) is 0 Å². The number of aliphatic hydroxyl groups excluding tert-OH is 5. The van der Waals surface area contributed by atoms with Crippen LogP contribution in [0.4, 0.5) is 0 Å². The Labute approximate surface area is 142 Å². The van der Waals surface area contributed by atoms with Gasteiger partial charge in [0, 0.05) is 0 Å². The lowest BCUT2D eigenvalue weighted by atomic mass is 9.67. The van der Waals surface area contributed by atoms with Gasteiger partial charge in [-0.15, -0.1) is 0 Å². The number of ketones is 2. The minimum Gasteiger partial charge on any atom is -0.394 e. The van der Waals surface area contributed by atoms with E-state index in [1.807, 2.05) is 20.8 Å². The van der Waals surface area contributed by atoms with E-state index in [0.717, 1.165) is 12.8 Å². The molecule has 5 N–H and O–H groups in total. The molecule has 0 heterocycles. The third-order valence-electron chi connectivity index (χ3n) is 5.17. The van der Waals surface area contributed by atoms with Crippen LogP contribution in [0.2, 0.25) is 0 Å². The maximum absolute atomic E-state index is 12.0. The second kappa shape index (κ2) is 9.01. The van der Waals surface area contributed by atoms with Crippen molar-refractivity contribution in [3.63, 3.8) is 0 Å². The van der Waals surface area contributed by atoms with E-state index in [9.17, 15) is 30.0 Å². The summed E-state index contributed by atoms with van der Waals surface area (Å²) in [6.45, 7) is 5.17. The van der Waals surface area contributed by atoms with E-state index in [-0.39, 0.29) is 17.8 Å². The van der Waals surface area contributed by atoms with Crippen molar-refractivity contribution in [2.75, 3.05) is 6.61 Å². The molecule has 0 amide bonds.